The van der Waals surface area contributed by atoms with Crippen molar-refractivity contribution in [3.05, 3.63) is 40.8 Å². The van der Waals surface area contributed by atoms with E-state index in [-0.39, 0.29) is 12.7 Å². The van der Waals surface area contributed by atoms with Crippen LogP contribution in [0.2, 0.25) is 0 Å². The molecule has 1 aromatic carbocycles. The number of carbonyl (C=O) groups excluding carboxylic acids is 1. The molecule has 0 bridgehead atoms. The van der Waals surface area contributed by atoms with Crippen LogP contribution in [0.25, 0.3) is 0 Å². The lowest BCUT2D eigenvalue weighted by Gasteiger charge is -2.30. The van der Waals surface area contributed by atoms with Gasteiger partial charge in [-0.25, -0.2) is 5.01 Å². The second-order valence-electron chi connectivity index (χ2n) is 6.45. The molecule has 2 aliphatic rings. The third-order valence-electron chi connectivity index (χ3n) is 4.63. The summed E-state index contributed by atoms with van der Waals surface area (Å²) in [5.41, 5.74) is 2.11. The molecule has 1 aromatic heterocycles. The predicted molar refractivity (Wildman–Crippen MR) is 100 cm³/mol. The maximum absolute atomic E-state index is 12.9. The molecule has 1 amide bonds. The smallest absolute Gasteiger partial charge is 0.277 e. The van der Waals surface area contributed by atoms with Crippen molar-refractivity contribution in [2.24, 2.45) is 0 Å². The standard InChI is InChI=1S/C18H20N4O4S/c1-11-16(12(2)26-20-11)17(23)21-6-3-7-22(21)18(27)19-9-13-4-5-14-15(8-13)25-10-24-14/h4-5,8H,3,6-7,9-10H2,1-2H3,(H,19,27). The van der Waals surface area contributed by atoms with Crippen LogP contribution in [-0.2, 0) is 6.54 Å². The zero-order chi connectivity index (χ0) is 19.0. The van der Waals surface area contributed by atoms with E-state index in [0.717, 1.165) is 23.5 Å². The van der Waals surface area contributed by atoms with Crippen molar-refractivity contribution < 1.29 is 18.8 Å². The largest absolute Gasteiger partial charge is 0.454 e. The Balaban J connectivity index is 1.42. The zero-order valence-electron chi connectivity index (χ0n) is 15.2. The van der Waals surface area contributed by atoms with Gasteiger partial charge in [-0.3, -0.25) is 9.80 Å². The predicted octanol–water partition coefficient (Wildman–Crippen LogP) is 2.16. The van der Waals surface area contributed by atoms with Crippen molar-refractivity contribution in [3.8, 4) is 11.5 Å². The van der Waals surface area contributed by atoms with E-state index in [1.165, 1.54) is 0 Å². The Labute approximate surface area is 162 Å². The molecule has 0 saturated carbocycles. The fourth-order valence-corrected chi connectivity index (χ4v) is 3.53. The molecule has 1 fully saturated rings. The average Bonchev–Trinajstić information content (AvgIpc) is 3.38. The second-order valence-corrected chi connectivity index (χ2v) is 6.84. The lowest BCUT2D eigenvalue weighted by Crippen LogP contribution is -2.49. The number of hydrogen-bond donors (Lipinski definition) is 1. The van der Waals surface area contributed by atoms with Crippen LogP contribution in [0.3, 0.4) is 0 Å². The van der Waals surface area contributed by atoms with Crippen molar-refractivity contribution in [3.63, 3.8) is 0 Å². The Morgan fingerprint density at radius 3 is 2.78 bits per heavy atom. The molecule has 3 heterocycles. The highest BCUT2D eigenvalue weighted by Gasteiger charge is 2.32. The number of rotatable bonds is 3. The Morgan fingerprint density at radius 2 is 2.00 bits per heavy atom. The van der Waals surface area contributed by atoms with Crippen molar-refractivity contribution in [2.75, 3.05) is 19.9 Å². The topological polar surface area (TPSA) is 80.1 Å². The van der Waals surface area contributed by atoms with Gasteiger partial charge in [0, 0.05) is 19.6 Å². The van der Waals surface area contributed by atoms with Crippen molar-refractivity contribution in [1.29, 1.82) is 0 Å². The van der Waals surface area contributed by atoms with Gasteiger partial charge in [0.1, 0.15) is 11.3 Å². The van der Waals surface area contributed by atoms with E-state index in [9.17, 15) is 4.79 Å². The second kappa shape index (κ2) is 7.07. The molecular formula is C18H20N4O4S. The van der Waals surface area contributed by atoms with Crippen LogP contribution in [-0.4, -0.2) is 46.1 Å². The van der Waals surface area contributed by atoms with Gasteiger partial charge in [-0.2, -0.15) is 0 Å². The number of nitrogens with one attached hydrogen (secondary N) is 1. The fourth-order valence-electron chi connectivity index (χ4n) is 3.27. The van der Waals surface area contributed by atoms with Gasteiger partial charge < -0.3 is 19.3 Å². The number of thiocarbonyl (C=S) groups is 1. The van der Waals surface area contributed by atoms with Crippen LogP contribution in [0.4, 0.5) is 0 Å². The SMILES string of the molecule is Cc1noc(C)c1C(=O)N1CCCN1C(=S)NCc1ccc2c(c1)OCO2. The lowest BCUT2D eigenvalue weighted by atomic mass is 10.2. The highest BCUT2D eigenvalue weighted by molar-refractivity contribution is 7.80. The number of ether oxygens (including phenoxy) is 2. The third kappa shape index (κ3) is 3.30. The molecule has 2 aliphatic heterocycles. The molecular weight excluding hydrogens is 368 g/mol. The first-order valence-corrected chi connectivity index (χ1v) is 9.14. The van der Waals surface area contributed by atoms with Gasteiger partial charge >= 0.3 is 0 Å². The molecule has 4 rings (SSSR count). The van der Waals surface area contributed by atoms with Crippen LogP contribution >= 0.6 is 12.2 Å². The van der Waals surface area contributed by atoms with Gasteiger partial charge in [-0.1, -0.05) is 11.2 Å². The summed E-state index contributed by atoms with van der Waals surface area (Å²) >= 11 is 5.53. The van der Waals surface area contributed by atoms with Crippen LogP contribution in [0, 0.1) is 13.8 Å². The molecule has 0 radical (unpaired) electrons. The normalized spacial score (nSPS) is 15.3. The molecule has 0 spiro atoms. The number of nitrogens with zero attached hydrogens (tertiary/aromatic N) is 3. The first-order valence-electron chi connectivity index (χ1n) is 8.73. The summed E-state index contributed by atoms with van der Waals surface area (Å²) in [6.07, 6.45) is 0.848. The summed E-state index contributed by atoms with van der Waals surface area (Å²) < 4.78 is 15.8. The lowest BCUT2D eigenvalue weighted by molar-refractivity contribution is 0.0489. The Morgan fingerprint density at radius 1 is 1.22 bits per heavy atom. The third-order valence-corrected chi connectivity index (χ3v) is 4.98. The Bertz CT molecular complexity index is 878. The fraction of sp³-hybridized carbons (Fsp3) is 0.389. The highest BCUT2D eigenvalue weighted by atomic mass is 32.1. The van der Waals surface area contributed by atoms with Gasteiger partial charge in [0.15, 0.2) is 16.6 Å². The minimum absolute atomic E-state index is 0.143. The number of aromatic nitrogens is 1. The molecule has 8 nitrogen and oxygen atoms in total. The first-order chi connectivity index (χ1) is 13.0. The molecule has 0 atom stereocenters. The van der Waals surface area contributed by atoms with Crippen molar-refractivity contribution in [2.45, 2.75) is 26.8 Å². The summed E-state index contributed by atoms with van der Waals surface area (Å²) in [5.74, 6) is 1.85. The minimum Gasteiger partial charge on any atom is -0.454 e. The Kier molecular flexibility index (Phi) is 4.61. The summed E-state index contributed by atoms with van der Waals surface area (Å²) in [7, 11) is 0. The average molecular weight is 388 g/mol. The molecule has 142 valence electrons. The van der Waals surface area contributed by atoms with E-state index in [4.69, 9.17) is 26.2 Å². The minimum atomic E-state index is -0.143. The molecule has 0 aliphatic carbocycles. The van der Waals surface area contributed by atoms with Crippen molar-refractivity contribution in [1.82, 2.24) is 20.5 Å². The van der Waals surface area contributed by atoms with E-state index < -0.39 is 0 Å². The molecule has 1 N–H and O–H groups in total. The number of benzene rings is 1. The van der Waals surface area contributed by atoms with Gasteiger partial charge in [-0.15, -0.1) is 0 Å². The van der Waals surface area contributed by atoms with E-state index >= 15 is 0 Å². The summed E-state index contributed by atoms with van der Waals surface area (Å²) in [6, 6.07) is 5.76. The molecule has 9 heteroatoms. The number of carbonyl (C=O) groups is 1. The zero-order valence-corrected chi connectivity index (χ0v) is 16.0. The summed E-state index contributed by atoms with van der Waals surface area (Å²) in [4.78, 5) is 12.9. The number of amides is 1. The monoisotopic (exact) mass is 388 g/mol. The molecule has 0 unspecified atom stereocenters. The summed E-state index contributed by atoms with van der Waals surface area (Å²) in [5, 5.41) is 11.1. The summed E-state index contributed by atoms with van der Waals surface area (Å²) in [6.45, 7) is 5.57. The highest BCUT2D eigenvalue weighted by Crippen LogP contribution is 2.32. The maximum Gasteiger partial charge on any atom is 0.277 e. The van der Waals surface area contributed by atoms with Gasteiger partial charge in [0.25, 0.3) is 5.91 Å². The van der Waals surface area contributed by atoms with Gasteiger partial charge in [0.2, 0.25) is 6.79 Å². The quantitative estimate of drug-likeness (QED) is 0.802. The number of hydrogen-bond acceptors (Lipinski definition) is 6. The number of hydrazine groups is 1. The maximum atomic E-state index is 12.9. The molecule has 27 heavy (non-hydrogen) atoms. The Hall–Kier alpha value is -2.81. The van der Waals surface area contributed by atoms with Crippen LogP contribution in [0.15, 0.2) is 22.7 Å². The van der Waals surface area contributed by atoms with Crippen molar-refractivity contribution >= 4 is 23.2 Å². The van der Waals surface area contributed by atoms with E-state index in [0.29, 0.717) is 41.8 Å². The van der Waals surface area contributed by atoms with Crippen LogP contribution in [0.5, 0.6) is 11.5 Å². The van der Waals surface area contributed by atoms with Crippen LogP contribution < -0.4 is 14.8 Å². The number of fused-ring (bicyclic) bond motifs is 1. The van der Waals surface area contributed by atoms with Gasteiger partial charge in [-0.05, 0) is 50.2 Å². The van der Waals surface area contributed by atoms with Gasteiger partial charge in [0.05, 0.1) is 5.69 Å². The van der Waals surface area contributed by atoms with Crippen LogP contribution in [0.1, 0.15) is 33.8 Å². The number of aryl methyl sites for hydroxylation is 2. The van der Waals surface area contributed by atoms with E-state index in [1.54, 1.807) is 23.9 Å². The van der Waals surface area contributed by atoms with E-state index in [1.807, 2.05) is 18.2 Å². The molecule has 2 aromatic rings. The van der Waals surface area contributed by atoms with E-state index in [2.05, 4.69) is 10.5 Å². The first kappa shape index (κ1) is 17.6. The molecule has 1 saturated heterocycles.